The molecule has 0 amide bonds. The summed E-state index contributed by atoms with van der Waals surface area (Å²) in [4.78, 5) is 10.1. The van der Waals surface area contributed by atoms with E-state index in [9.17, 15) is 10.1 Å². The van der Waals surface area contributed by atoms with Gasteiger partial charge in [0.25, 0.3) is 5.69 Å². The smallest absolute Gasteiger partial charge is 0.273 e. The maximum atomic E-state index is 10.6. The molecule has 0 atom stereocenters. The van der Waals surface area contributed by atoms with Gasteiger partial charge in [0.1, 0.15) is 6.61 Å². The van der Waals surface area contributed by atoms with Crippen LogP contribution in [0.25, 0.3) is 0 Å². The molecule has 2 rings (SSSR count). The molecule has 0 bridgehead atoms. The molecule has 1 N–H and O–H groups in total. The first-order valence-electron chi connectivity index (χ1n) is 5.14. The zero-order valence-corrected chi connectivity index (χ0v) is 9.62. The molecule has 2 aromatic rings. The SMILES string of the molecule is COc1cc([N+](=O)[O-])ccc1OCc1cc[nH]n1. The maximum absolute atomic E-state index is 10.6. The first kappa shape index (κ1) is 11.9. The van der Waals surface area contributed by atoms with Gasteiger partial charge in [-0.1, -0.05) is 0 Å². The summed E-state index contributed by atoms with van der Waals surface area (Å²) in [5.74, 6) is 0.755. The molecular formula is C11H11N3O4. The van der Waals surface area contributed by atoms with Gasteiger partial charge in [-0.05, 0) is 12.1 Å². The molecule has 0 fully saturated rings. The minimum Gasteiger partial charge on any atom is -0.493 e. The Kier molecular flexibility index (Phi) is 3.42. The minimum absolute atomic E-state index is 0.0426. The quantitative estimate of drug-likeness (QED) is 0.645. The van der Waals surface area contributed by atoms with E-state index in [2.05, 4.69) is 10.2 Å². The number of hydrogen-bond acceptors (Lipinski definition) is 5. The van der Waals surface area contributed by atoms with Gasteiger partial charge in [0.05, 0.1) is 23.8 Å². The topological polar surface area (TPSA) is 90.3 Å². The van der Waals surface area contributed by atoms with Crippen LogP contribution in [0.5, 0.6) is 11.5 Å². The summed E-state index contributed by atoms with van der Waals surface area (Å²) in [6, 6.07) is 5.96. The molecule has 0 unspecified atom stereocenters. The molecule has 1 aromatic heterocycles. The number of H-pyrrole nitrogens is 1. The zero-order valence-electron chi connectivity index (χ0n) is 9.62. The summed E-state index contributed by atoms with van der Waals surface area (Å²) in [7, 11) is 1.43. The molecule has 0 radical (unpaired) electrons. The molecule has 18 heavy (non-hydrogen) atoms. The predicted octanol–water partition coefficient (Wildman–Crippen LogP) is 1.91. The fraction of sp³-hybridized carbons (Fsp3) is 0.182. The lowest BCUT2D eigenvalue weighted by atomic mass is 10.3. The number of hydrogen-bond donors (Lipinski definition) is 1. The van der Waals surface area contributed by atoms with Gasteiger partial charge < -0.3 is 9.47 Å². The van der Waals surface area contributed by atoms with Crippen molar-refractivity contribution in [3.8, 4) is 11.5 Å². The summed E-state index contributed by atoms with van der Waals surface area (Å²) in [5.41, 5.74) is 0.689. The number of benzene rings is 1. The van der Waals surface area contributed by atoms with E-state index in [1.807, 2.05) is 0 Å². The van der Waals surface area contributed by atoms with E-state index in [0.29, 0.717) is 11.5 Å². The van der Waals surface area contributed by atoms with Gasteiger partial charge in [0, 0.05) is 12.3 Å². The Morgan fingerprint density at radius 2 is 2.22 bits per heavy atom. The third kappa shape index (κ3) is 2.57. The maximum Gasteiger partial charge on any atom is 0.273 e. The van der Waals surface area contributed by atoms with E-state index in [0.717, 1.165) is 5.69 Å². The molecular weight excluding hydrogens is 238 g/mol. The third-order valence-corrected chi connectivity index (χ3v) is 2.29. The van der Waals surface area contributed by atoms with E-state index >= 15 is 0 Å². The second-order valence-electron chi connectivity index (χ2n) is 3.45. The second-order valence-corrected chi connectivity index (χ2v) is 3.45. The lowest BCUT2D eigenvalue weighted by molar-refractivity contribution is -0.385. The lowest BCUT2D eigenvalue weighted by Crippen LogP contribution is -1.99. The summed E-state index contributed by atoms with van der Waals surface area (Å²) in [5, 5.41) is 17.2. The van der Waals surface area contributed by atoms with Crippen molar-refractivity contribution in [2.75, 3.05) is 7.11 Å². The van der Waals surface area contributed by atoms with Crippen molar-refractivity contribution >= 4 is 5.69 Å². The van der Waals surface area contributed by atoms with E-state index in [-0.39, 0.29) is 12.3 Å². The van der Waals surface area contributed by atoms with E-state index in [1.54, 1.807) is 12.3 Å². The Morgan fingerprint density at radius 1 is 1.39 bits per heavy atom. The van der Waals surface area contributed by atoms with Crippen molar-refractivity contribution < 1.29 is 14.4 Å². The van der Waals surface area contributed by atoms with Gasteiger partial charge in [0.2, 0.25) is 0 Å². The average Bonchev–Trinajstić information content (AvgIpc) is 2.89. The highest BCUT2D eigenvalue weighted by atomic mass is 16.6. The van der Waals surface area contributed by atoms with Crippen molar-refractivity contribution in [1.29, 1.82) is 0 Å². The van der Waals surface area contributed by atoms with Gasteiger partial charge >= 0.3 is 0 Å². The lowest BCUT2D eigenvalue weighted by Gasteiger charge is -2.09. The van der Waals surface area contributed by atoms with Crippen LogP contribution in [0.3, 0.4) is 0 Å². The molecule has 7 nitrogen and oxygen atoms in total. The van der Waals surface area contributed by atoms with E-state index in [1.165, 1.54) is 25.3 Å². The summed E-state index contributed by atoms with van der Waals surface area (Å²) in [6.07, 6.45) is 1.69. The zero-order chi connectivity index (χ0) is 13.0. The second kappa shape index (κ2) is 5.17. The highest BCUT2D eigenvalue weighted by molar-refractivity contribution is 5.48. The molecule has 0 saturated carbocycles. The molecule has 1 aromatic carbocycles. The van der Waals surface area contributed by atoms with E-state index in [4.69, 9.17) is 9.47 Å². The van der Waals surface area contributed by atoms with Crippen LogP contribution in [0.4, 0.5) is 5.69 Å². The fourth-order valence-electron chi connectivity index (χ4n) is 1.41. The number of aromatic amines is 1. The van der Waals surface area contributed by atoms with Crippen molar-refractivity contribution in [3.63, 3.8) is 0 Å². The normalized spacial score (nSPS) is 10.1. The standard InChI is InChI=1S/C11H11N3O4/c1-17-11-6-9(14(15)16)2-3-10(11)18-7-8-4-5-12-13-8/h2-6H,7H2,1H3,(H,12,13). The number of aromatic nitrogens is 2. The van der Waals surface area contributed by atoms with E-state index < -0.39 is 4.92 Å². The van der Waals surface area contributed by atoms with Crippen LogP contribution in [0.2, 0.25) is 0 Å². The molecule has 0 aliphatic rings. The highest BCUT2D eigenvalue weighted by Crippen LogP contribution is 2.31. The first-order chi connectivity index (χ1) is 8.70. The van der Waals surface area contributed by atoms with Crippen LogP contribution in [-0.2, 0) is 6.61 Å². The number of nitrogens with zero attached hydrogens (tertiary/aromatic N) is 2. The summed E-state index contributed by atoms with van der Waals surface area (Å²) >= 11 is 0. The summed E-state index contributed by atoms with van der Waals surface area (Å²) in [6.45, 7) is 0.262. The van der Waals surface area contributed by atoms with Crippen LogP contribution in [-0.4, -0.2) is 22.2 Å². The largest absolute Gasteiger partial charge is 0.493 e. The number of methoxy groups -OCH3 is 1. The molecule has 0 saturated heterocycles. The first-order valence-corrected chi connectivity index (χ1v) is 5.14. The van der Waals surface area contributed by atoms with Gasteiger partial charge in [-0.3, -0.25) is 15.2 Å². The fourth-order valence-corrected chi connectivity index (χ4v) is 1.41. The molecule has 94 valence electrons. The molecule has 0 spiro atoms. The number of nitro groups is 1. The van der Waals surface area contributed by atoms with Gasteiger partial charge in [-0.2, -0.15) is 5.10 Å². The Morgan fingerprint density at radius 3 is 2.83 bits per heavy atom. The van der Waals surface area contributed by atoms with Crippen molar-refractivity contribution in [3.05, 3.63) is 46.3 Å². The van der Waals surface area contributed by atoms with Crippen LogP contribution >= 0.6 is 0 Å². The van der Waals surface area contributed by atoms with Crippen LogP contribution in [0.1, 0.15) is 5.69 Å². The number of non-ortho nitro benzene ring substituents is 1. The average molecular weight is 249 g/mol. The number of nitro benzene ring substituents is 1. The van der Waals surface area contributed by atoms with Gasteiger partial charge in [-0.25, -0.2) is 0 Å². The Balaban J connectivity index is 2.14. The number of ether oxygens (including phenoxy) is 2. The molecule has 0 aliphatic heterocycles. The molecule has 1 heterocycles. The van der Waals surface area contributed by atoms with Crippen molar-refractivity contribution in [2.24, 2.45) is 0 Å². The Hall–Kier alpha value is -2.57. The summed E-state index contributed by atoms with van der Waals surface area (Å²) < 4.78 is 10.5. The highest BCUT2D eigenvalue weighted by Gasteiger charge is 2.12. The van der Waals surface area contributed by atoms with Crippen molar-refractivity contribution in [1.82, 2.24) is 10.2 Å². The van der Waals surface area contributed by atoms with Crippen LogP contribution < -0.4 is 9.47 Å². The monoisotopic (exact) mass is 249 g/mol. The van der Waals surface area contributed by atoms with Crippen LogP contribution in [0.15, 0.2) is 30.5 Å². The van der Waals surface area contributed by atoms with Gasteiger partial charge in [-0.15, -0.1) is 0 Å². The molecule has 7 heteroatoms. The van der Waals surface area contributed by atoms with Crippen molar-refractivity contribution in [2.45, 2.75) is 6.61 Å². The Labute approximate surface area is 102 Å². The van der Waals surface area contributed by atoms with Gasteiger partial charge in [0.15, 0.2) is 11.5 Å². The van der Waals surface area contributed by atoms with Crippen LogP contribution in [0, 0.1) is 10.1 Å². The number of nitrogens with one attached hydrogen (secondary N) is 1. The Bertz CT molecular complexity index is 539. The molecule has 0 aliphatic carbocycles. The minimum atomic E-state index is -0.486. The predicted molar refractivity (Wildman–Crippen MR) is 62.6 cm³/mol. The third-order valence-electron chi connectivity index (χ3n) is 2.29. The number of rotatable bonds is 5.